The van der Waals surface area contributed by atoms with Gasteiger partial charge in [-0.3, -0.25) is 4.79 Å². The van der Waals surface area contributed by atoms with Crippen LogP contribution in [-0.4, -0.2) is 18.7 Å². The van der Waals surface area contributed by atoms with Crippen molar-refractivity contribution in [3.8, 4) is 11.5 Å². The van der Waals surface area contributed by atoms with Crippen LogP contribution in [0, 0.1) is 0 Å². The first kappa shape index (κ1) is 23.6. The van der Waals surface area contributed by atoms with Gasteiger partial charge < -0.3 is 9.47 Å². The molecule has 0 fully saturated rings. The van der Waals surface area contributed by atoms with Crippen molar-refractivity contribution in [3.63, 3.8) is 0 Å². The summed E-state index contributed by atoms with van der Waals surface area (Å²) < 4.78 is 11.6. The van der Waals surface area contributed by atoms with Gasteiger partial charge in [-0.05, 0) is 54.3 Å². The van der Waals surface area contributed by atoms with Crippen molar-refractivity contribution in [1.29, 1.82) is 0 Å². The van der Waals surface area contributed by atoms with E-state index in [1.165, 1.54) is 6.21 Å². The van der Waals surface area contributed by atoms with Gasteiger partial charge >= 0.3 is 0 Å². The normalized spacial score (nSPS) is 10.8. The Kier molecular flexibility index (Phi) is 8.96. The highest BCUT2D eigenvalue weighted by molar-refractivity contribution is 6.32. The largest absolute Gasteiger partial charge is 0.490 e. The van der Waals surface area contributed by atoms with E-state index >= 15 is 0 Å². The Morgan fingerprint density at radius 3 is 2.47 bits per heavy atom. The number of aryl methyl sites for hydroxylation is 1. The van der Waals surface area contributed by atoms with Crippen molar-refractivity contribution < 1.29 is 14.3 Å². The molecule has 7 heteroatoms. The average Bonchev–Trinajstić information content (AvgIpc) is 2.79. The van der Waals surface area contributed by atoms with Crippen LogP contribution in [0.4, 0.5) is 0 Å². The summed E-state index contributed by atoms with van der Waals surface area (Å²) in [5, 5.41) is 5.09. The molecule has 0 saturated carbocycles. The van der Waals surface area contributed by atoms with Crippen LogP contribution in [0.15, 0.2) is 71.8 Å². The summed E-state index contributed by atoms with van der Waals surface area (Å²) in [5.74, 6) is 0.794. The van der Waals surface area contributed by atoms with Crippen molar-refractivity contribution in [1.82, 2.24) is 5.43 Å². The quantitative estimate of drug-likeness (QED) is 0.289. The van der Waals surface area contributed by atoms with Gasteiger partial charge in [-0.1, -0.05) is 65.7 Å². The molecule has 0 atom stereocenters. The Morgan fingerprint density at radius 2 is 1.75 bits per heavy atom. The van der Waals surface area contributed by atoms with E-state index in [1.54, 1.807) is 24.3 Å². The number of hydrogen-bond acceptors (Lipinski definition) is 4. The van der Waals surface area contributed by atoms with Crippen LogP contribution >= 0.6 is 23.2 Å². The predicted octanol–water partition coefficient (Wildman–Crippen LogP) is 6.05. The first-order chi connectivity index (χ1) is 15.5. The fourth-order valence-electron chi connectivity index (χ4n) is 2.94. The molecule has 3 aromatic carbocycles. The molecule has 0 aliphatic heterocycles. The van der Waals surface area contributed by atoms with E-state index in [4.69, 9.17) is 32.7 Å². The number of nitrogens with zero attached hydrogens (tertiary/aromatic N) is 1. The number of ether oxygens (including phenoxy) is 2. The lowest BCUT2D eigenvalue weighted by Crippen LogP contribution is -2.17. The monoisotopic (exact) mass is 470 g/mol. The van der Waals surface area contributed by atoms with Gasteiger partial charge in [0.25, 0.3) is 0 Å². The van der Waals surface area contributed by atoms with Gasteiger partial charge in [0.1, 0.15) is 6.61 Å². The lowest BCUT2D eigenvalue weighted by atomic mass is 10.1. The third kappa shape index (κ3) is 7.29. The number of hydrogen-bond donors (Lipinski definition) is 1. The van der Waals surface area contributed by atoms with Gasteiger partial charge in [-0.15, -0.1) is 0 Å². The summed E-state index contributed by atoms with van der Waals surface area (Å²) in [6.45, 7) is 2.65. The van der Waals surface area contributed by atoms with Crippen molar-refractivity contribution in [2.24, 2.45) is 5.10 Å². The van der Waals surface area contributed by atoms with E-state index in [2.05, 4.69) is 10.5 Å². The highest BCUT2D eigenvalue weighted by Gasteiger charge is 2.13. The molecular formula is C25H24Cl2N2O3. The van der Waals surface area contributed by atoms with Gasteiger partial charge in [0, 0.05) is 11.4 Å². The van der Waals surface area contributed by atoms with Crippen LogP contribution in [0.5, 0.6) is 11.5 Å². The second kappa shape index (κ2) is 12.1. The number of carbonyl (C=O) groups excluding carboxylic acids is 1. The number of amides is 1. The highest BCUT2D eigenvalue weighted by Crippen LogP contribution is 2.37. The van der Waals surface area contributed by atoms with Crippen LogP contribution in [-0.2, 0) is 17.8 Å². The van der Waals surface area contributed by atoms with E-state index in [9.17, 15) is 4.79 Å². The van der Waals surface area contributed by atoms with Gasteiger partial charge in [-0.25, -0.2) is 5.43 Å². The number of rotatable bonds is 10. The fraction of sp³-hybridized carbons (Fsp3) is 0.200. The maximum absolute atomic E-state index is 12.0. The molecule has 32 heavy (non-hydrogen) atoms. The zero-order chi connectivity index (χ0) is 22.8. The summed E-state index contributed by atoms with van der Waals surface area (Å²) in [7, 11) is 0. The molecule has 0 saturated heterocycles. The molecular weight excluding hydrogens is 447 g/mol. The van der Waals surface area contributed by atoms with Crippen molar-refractivity contribution in [2.45, 2.75) is 26.4 Å². The molecule has 3 rings (SSSR count). The minimum Gasteiger partial charge on any atom is -0.490 e. The summed E-state index contributed by atoms with van der Waals surface area (Å²) in [4.78, 5) is 12.0. The third-order valence-corrected chi connectivity index (χ3v) is 5.05. The highest BCUT2D eigenvalue weighted by atomic mass is 35.5. The Balaban J connectivity index is 1.61. The maximum Gasteiger partial charge on any atom is 0.240 e. The number of halogens is 2. The SMILES string of the molecule is CCOc1cc(/C=N\NC(=O)CCc2ccccc2)cc(Cl)c1OCc1ccc(Cl)cc1. The number of benzene rings is 3. The lowest BCUT2D eigenvalue weighted by molar-refractivity contribution is -0.121. The summed E-state index contributed by atoms with van der Waals surface area (Å²) >= 11 is 12.4. The van der Waals surface area contributed by atoms with Crippen LogP contribution in [0.2, 0.25) is 10.0 Å². The van der Waals surface area contributed by atoms with Crippen LogP contribution in [0.3, 0.4) is 0 Å². The Bertz CT molecular complexity index is 1050. The van der Waals surface area contributed by atoms with Gasteiger partial charge in [0.05, 0.1) is 17.8 Å². The lowest BCUT2D eigenvalue weighted by Gasteiger charge is -2.14. The molecule has 0 aliphatic rings. The summed E-state index contributed by atoms with van der Waals surface area (Å²) in [5.41, 5.74) is 5.28. The molecule has 0 aromatic heterocycles. The van der Waals surface area contributed by atoms with Crippen LogP contribution in [0.1, 0.15) is 30.0 Å². The maximum atomic E-state index is 12.0. The van der Waals surface area contributed by atoms with Crippen LogP contribution in [0.25, 0.3) is 0 Å². The molecule has 0 heterocycles. The third-order valence-electron chi connectivity index (χ3n) is 4.51. The Hall–Kier alpha value is -3.02. The number of nitrogens with one attached hydrogen (secondary N) is 1. The molecule has 0 bridgehead atoms. The van der Waals surface area contributed by atoms with E-state index < -0.39 is 0 Å². The van der Waals surface area contributed by atoms with Gasteiger partial charge in [0.2, 0.25) is 5.91 Å². The standard InChI is InChI=1S/C25H24Cl2N2O3/c1-2-31-23-15-20(16-28-29-24(30)13-10-18-6-4-3-5-7-18)14-22(27)25(23)32-17-19-8-11-21(26)12-9-19/h3-9,11-12,14-16H,2,10,13,17H2,1H3,(H,29,30)/b28-16-. The van der Waals surface area contributed by atoms with E-state index in [-0.39, 0.29) is 5.91 Å². The Morgan fingerprint density at radius 1 is 1.00 bits per heavy atom. The zero-order valence-electron chi connectivity index (χ0n) is 17.7. The smallest absolute Gasteiger partial charge is 0.240 e. The molecule has 166 valence electrons. The van der Waals surface area contributed by atoms with Crippen molar-refractivity contribution >= 4 is 35.3 Å². The van der Waals surface area contributed by atoms with Crippen molar-refractivity contribution in [2.75, 3.05) is 6.61 Å². The molecule has 5 nitrogen and oxygen atoms in total. The second-order valence-electron chi connectivity index (χ2n) is 6.96. The number of carbonyl (C=O) groups is 1. The predicted molar refractivity (Wildman–Crippen MR) is 129 cm³/mol. The molecule has 0 aliphatic carbocycles. The number of hydrazone groups is 1. The molecule has 3 aromatic rings. The molecule has 1 amide bonds. The molecule has 1 N–H and O–H groups in total. The topological polar surface area (TPSA) is 59.9 Å². The van der Waals surface area contributed by atoms with E-state index in [1.807, 2.05) is 49.4 Å². The van der Waals surface area contributed by atoms with Crippen molar-refractivity contribution in [3.05, 3.63) is 93.5 Å². The van der Waals surface area contributed by atoms with E-state index in [0.29, 0.717) is 53.2 Å². The molecule has 0 spiro atoms. The van der Waals surface area contributed by atoms with Gasteiger partial charge in [0.15, 0.2) is 11.5 Å². The zero-order valence-corrected chi connectivity index (χ0v) is 19.2. The Labute approximate surface area is 198 Å². The van der Waals surface area contributed by atoms with Gasteiger partial charge in [-0.2, -0.15) is 5.10 Å². The van der Waals surface area contributed by atoms with E-state index in [0.717, 1.165) is 11.1 Å². The molecule has 0 radical (unpaired) electrons. The minimum absolute atomic E-state index is 0.163. The van der Waals surface area contributed by atoms with Crippen LogP contribution < -0.4 is 14.9 Å². The fourth-order valence-corrected chi connectivity index (χ4v) is 3.34. The minimum atomic E-state index is -0.163. The first-order valence-corrected chi connectivity index (χ1v) is 11.0. The summed E-state index contributed by atoms with van der Waals surface area (Å²) in [6, 6.07) is 20.7. The average molecular weight is 471 g/mol. The first-order valence-electron chi connectivity index (χ1n) is 10.2. The summed E-state index contributed by atoms with van der Waals surface area (Å²) in [6.07, 6.45) is 2.53. The second-order valence-corrected chi connectivity index (χ2v) is 7.80. The molecule has 0 unspecified atom stereocenters.